The second-order valence-corrected chi connectivity index (χ2v) is 6.30. The van der Waals surface area contributed by atoms with E-state index in [2.05, 4.69) is 50.5 Å². The predicted molar refractivity (Wildman–Crippen MR) is 68.5 cm³/mol. The maximum atomic E-state index is 5.94. The van der Waals surface area contributed by atoms with Crippen LogP contribution >= 0.6 is 15.9 Å². The van der Waals surface area contributed by atoms with E-state index in [0.29, 0.717) is 5.92 Å². The molecule has 1 saturated heterocycles. The van der Waals surface area contributed by atoms with Gasteiger partial charge in [0, 0.05) is 5.33 Å². The van der Waals surface area contributed by atoms with E-state index in [-0.39, 0.29) is 18.3 Å². The van der Waals surface area contributed by atoms with Crippen LogP contribution in [0.25, 0.3) is 0 Å². The molecule has 1 heterocycles. The summed E-state index contributed by atoms with van der Waals surface area (Å²) >= 11 is 3.46. The summed E-state index contributed by atoms with van der Waals surface area (Å²) in [6.07, 6.45) is 2.16. The third kappa shape index (κ3) is 3.21. The zero-order valence-corrected chi connectivity index (χ0v) is 12.1. The molecular weight excluding hydrogens is 255 g/mol. The fourth-order valence-corrected chi connectivity index (χ4v) is 2.48. The molecule has 0 amide bonds. The third-order valence-corrected chi connectivity index (χ3v) is 3.96. The lowest BCUT2D eigenvalue weighted by molar-refractivity contribution is 0.00578. The molecule has 1 atom stereocenters. The van der Waals surface area contributed by atoms with Gasteiger partial charge in [-0.15, -0.1) is 0 Å². The van der Waals surface area contributed by atoms with Crippen molar-refractivity contribution in [1.29, 1.82) is 0 Å². The van der Waals surface area contributed by atoms with Crippen molar-refractivity contribution in [2.75, 3.05) is 5.33 Å². The smallest absolute Gasteiger partial charge is 0.403 e. The Kier molecular flexibility index (Phi) is 4.30. The van der Waals surface area contributed by atoms with E-state index in [1.807, 2.05) is 0 Å². The Morgan fingerprint density at radius 1 is 1.13 bits per heavy atom. The molecule has 1 aliphatic heterocycles. The molecule has 0 aromatic carbocycles. The van der Waals surface area contributed by atoms with E-state index in [4.69, 9.17) is 9.31 Å². The molecule has 88 valence electrons. The Bertz CT molecular complexity index is 203. The van der Waals surface area contributed by atoms with E-state index in [1.54, 1.807) is 0 Å². The van der Waals surface area contributed by atoms with Crippen molar-refractivity contribution in [3.63, 3.8) is 0 Å². The minimum Gasteiger partial charge on any atom is -0.403 e. The Morgan fingerprint density at radius 2 is 1.60 bits per heavy atom. The topological polar surface area (TPSA) is 18.5 Å². The van der Waals surface area contributed by atoms with Gasteiger partial charge < -0.3 is 9.31 Å². The molecule has 1 fully saturated rings. The molecule has 2 nitrogen and oxygen atoms in total. The first-order chi connectivity index (χ1) is 6.78. The molecule has 0 saturated carbocycles. The van der Waals surface area contributed by atoms with Crippen LogP contribution < -0.4 is 0 Å². The molecule has 1 aliphatic rings. The molecule has 0 spiro atoms. The van der Waals surface area contributed by atoms with Crippen LogP contribution in [0.1, 0.15) is 41.0 Å². The average Bonchev–Trinajstić information content (AvgIpc) is 2.19. The van der Waals surface area contributed by atoms with Crippen LogP contribution in [0.15, 0.2) is 0 Å². The van der Waals surface area contributed by atoms with Gasteiger partial charge in [0.15, 0.2) is 0 Å². The summed E-state index contributed by atoms with van der Waals surface area (Å²) in [5.41, 5.74) is -0.377. The first-order valence-corrected chi connectivity index (χ1v) is 6.82. The third-order valence-electron chi connectivity index (χ3n) is 3.50. The molecule has 1 unspecified atom stereocenters. The average molecular weight is 277 g/mol. The van der Waals surface area contributed by atoms with Crippen molar-refractivity contribution in [2.24, 2.45) is 5.92 Å². The van der Waals surface area contributed by atoms with Crippen LogP contribution in [-0.2, 0) is 9.31 Å². The van der Waals surface area contributed by atoms with Crippen LogP contribution in [-0.4, -0.2) is 23.7 Å². The summed E-state index contributed by atoms with van der Waals surface area (Å²) in [7, 11) is -0.0379. The summed E-state index contributed by atoms with van der Waals surface area (Å²) in [4.78, 5) is 0. The molecule has 0 aliphatic carbocycles. The van der Waals surface area contributed by atoms with E-state index < -0.39 is 0 Å². The molecule has 0 aromatic heterocycles. The fourth-order valence-electron chi connectivity index (χ4n) is 1.69. The van der Waals surface area contributed by atoms with Gasteiger partial charge in [0.25, 0.3) is 0 Å². The van der Waals surface area contributed by atoms with Crippen molar-refractivity contribution >= 4 is 23.0 Å². The summed E-state index contributed by atoms with van der Waals surface area (Å²) in [5.74, 6) is 0.638. The number of rotatable bonds is 4. The molecule has 0 bridgehead atoms. The zero-order valence-electron chi connectivity index (χ0n) is 10.5. The highest BCUT2D eigenvalue weighted by Crippen LogP contribution is 2.38. The van der Waals surface area contributed by atoms with Crippen molar-refractivity contribution < 1.29 is 9.31 Å². The van der Waals surface area contributed by atoms with Gasteiger partial charge in [0.05, 0.1) is 11.2 Å². The number of hydrogen-bond donors (Lipinski definition) is 0. The Morgan fingerprint density at radius 3 is 2.00 bits per heavy atom. The number of alkyl halides is 1. The lowest BCUT2D eigenvalue weighted by Gasteiger charge is -2.32. The van der Waals surface area contributed by atoms with Gasteiger partial charge >= 0.3 is 7.12 Å². The maximum absolute atomic E-state index is 5.94. The van der Waals surface area contributed by atoms with Gasteiger partial charge in [-0.05, 0) is 46.4 Å². The molecule has 15 heavy (non-hydrogen) atoms. The molecule has 0 N–H and O–H groups in total. The SMILES string of the molecule is CC(CCBr)CB1OC(C)(C)C(C)(C)O1. The van der Waals surface area contributed by atoms with Crippen molar-refractivity contribution in [1.82, 2.24) is 0 Å². The van der Waals surface area contributed by atoms with Crippen LogP contribution in [0.4, 0.5) is 0 Å². The monoisotopic (exact) mass is 276 g/mol. The van der Waals surface area contributed by atoms with Crippen LogP contribution in [0.3, 0.4) is 0 Å². The summed E-state index contributed by atoms with van der Waals surface area (Å²) in [6, 6.07) is 0. The minimum atomic E-state index is -0.189. The van der Waals surface area contributed by atoms with Crippen LogP contribution in [0.5, 0.6) is 0 Å². The lowest BCUT2D eigenvalue weighted by Crippen LogP contribution is -2.41. The van der Waals surface area contributed by atoms with Gasteiger partial charge in [-0.1, -0.05) is 22.9 Å². The number of hydrogen-bond acceptors (Lipinski definition) is 2. The summed E-state index contributed by atoms with van der Waals surface area (Å²) in [5, 5.41) is 1.05. The second kappa shape index (κ2) is 4.76. The van der Waals surface area contributed by atoms with E-state index >= 15 is 0 Å². The van der Waals surface area contributed by atoms with E-state index in [1.165, 1.54) is 6.42 Å². The molecule has 4 heteroatoms. The Balaban J connectivity index is 2.49. The zero-order chi connectivity index (χ0) is 11.7. The van der Waals surface area contributed by atoms with Crippen molar-refractivity contribution in [3.8, 4) is 0 Å². The highest BCUT2D eigenvalue weighted by molar-refractivity contribution is 9.09. The van der Waals surface area contributed by atoms with Crippen LogP contribution in [0.2, 0.25) is 6.32 Å². The molecule has 0 radical (unpaired) electrons. The molecule has 1 rings (SSSR count). The first kappa shape index (κ1) is 13.5. The predicted octanol–water partition coefficient (Wildman–Crippen LogP) is 3.50. The van der Waals surface area contributed by atoms with Crippen molar-refractivity contribution in [3.05, 3.63) is 0 Å². The normalized spacial score (nSPS) is 25.6. The van der Waals surface area contributed by atoms with E-state index in [9.17, 15) is 0 Å². The highest BCUT2D eigenvalue weighted by atomic mass is 79.9. The first-order valence-electron chi connectivity index (χ1n) is 5.70. The quantitative estimate of drug-likeness (QED) is 0.578. The second-order valence-electron chi connectivity index (χ2n) is 5.50. The fraction of sp³-hybridized carbons (Fsp3) is 1.00. The maximum Gasteiger partial charge on any atom is 0.458 e. The standard InChI is InChI=1S/C11H22BBrO2/c1-9(6-7-13)8-12-14-10(2,3)11(4,5)15-12/h9H,6-8H2,1-5H3. The van der Waals surface area contributed by atoms with Gasteiger partial charge in [-0.2, -0.15) is 0 Å². The molecular formula is C11H22BBrO2. The summed E-state index contributed by atoms with van der Waals surface area (Å²) < 4.78 is 11.9. The minimum absolute atomic E-state index is 0.0379. The summed E-state index contributed by atoms with van der Waals surface area (Å²) in [6.45, 7) is 10.6. The van der Waals surface area contributed by atoms with Gasteiger partial charge in [-0.3, -0.25) is 0 Å². The van der Waals surface area contributed by atoms with Gasteiger partial charge in [0.1, 0.15) is 0 Å². The number of halogens is 1. The van der Waals surface area contributed by atoms with Crippen LogP contribution in [0, 0.1) is 5.92 Å². The van der Waals surface area contributed by atoms with Gasteiger partial charge in [0.2, 0.25) is 0 Å². The Hall–Kier alpha value is 0.465. The highest BCUT2D eigenvalue weighted by Gasteiger charge is 2.50. The van der Waals surface area contributed by atoms with E-state index in [0.717, 1.165) is 11.7 Å². The largest absolute Gasteiger partial charge is 0.458 e. The van der Waals surface area contributed by atoms with Crippen molar-refractivity contribution in [2.45, 2.75) is 58.6 Å². The lowest BCUT2D eigenvalue weighted by atomic mass is 9.77. The Labute approximate surface area is 102 Å². The van der Waals surface area contributed by atoms with Gasteiger partial charge in [-0.25, -0.2) is 0 Å². The molecule has 0 aromatic rings.